The van der Waals surface area contributed by atoms with E-state index in [1.165, 1.54) is 18.3 Å². The number of benzene rings is 2. The number of hydrogen-bond acceptors (Lipinski definition) is 4. The molecule has 0 atom stereocenters. The van der Waals surface area contributed by atoms with Crippen molar-refractivity contribution in [2.24, 2.45) is 5.10 Å². The van der Waals surface area contributed by atoms with Gasteiger partial charge in [0.2, 0.25) is 0 Å². The molecule has 2 aromatic carbocycles. The molecule has 0 spiro atoms. The molecule has 0 fully saturated rings. The lowest BCUT2D eigenvalue weighted by atomic mass is 10.1. The molecule has 0 aliphatic rings. The van der Waals surface area contributed by atoms with Crippen molar-refractivity contribution in [2.75, 3.05) is 6.61 Å². The lowest BCUT2D eigenvalue weighted by Crippen LogP contribution is -2.24. The molecule has 2 aromatic rings. The molecular weight excluding hydrogens is 316 g/mol. The summed E-state index contributed by atoms with van der Waals surface area (Å²) in [6.07, 6.45) is 1.48. The van der Waals surface area contributed by atoms with E-state index in [9.17, 15) is 4.79 Å². The van der Waals surface area contributed by atoms with Crippen molar-refractivity contribution in [3.05, 3.63) is 58.1 Å². The van der Waals surface area contributed by atoms with E-state index >= 15 is 0 Å². The van der Waals surface area contributed by atoms with Gasteiger partial charge in [0, 0.05) is 5.02 Å². The van der Waals surface area contributed by atoms with E-state index in [1.807, 2.05) is 13.8 Å². The summed E-state index contributed by atoms with van der Waals surface area (Å²) in [5.41, 5.74) is 4.92. The van der Waals surface area contributed by atoms with E-state index in [1.54, 1.807) is 24.3 Å². The number of hydrazone groups is 1. The smallest absolute Gasteiger partial charge is 0.277 e. The molecule has 120 valence electrons. The normalized spacial score (nSPS) is 10.7. The summed E-state index contributed by atoms with van der Waals surface area (Å²) >= 11 is 6.08. The van der Waals surface area contributed by atoms with Crippen molar-refractivity contribution in [3.63, 3.8) is 0 Å². The van der Waals surface area contributed by atoms with Crippen LogP contribution in [0, 0.1) is 13.8 Å². The summed E-state index contributed by atoms with van der Waals surface area (Å²) in [5.74, 6) is 0.389. The van der Waals surface area contributed by atoms with E-state index in [2.05, 4.69) is 10.5 Å². The minimum Gasteiger partial charge on any atom is -0.508 e. The van der Waals surface area contributed by atoms with Gasteiger partial charge in [-0.05, 0) is 66.9 Å². The largest absolute Gasteiger partial charge is 0.508 e. The highest BCUT2D eigenvalue weighted by atomic mass is 35.5. The maximum absolute atomic E-state index is 11.7. The monoisotopic (exact) mass is 332 g/mol. The lowest BCUT2D eigenvalue weighted by molar-refractivity contribution is -0.123. The Morgan fingerprint density at radius 2 is 1.87 bits per heavy atom. The van der Waals surface area contributed by atoms with Gasteiger partial charge >= 0.3 is 0 Å². The third-order valence-electron chi connectivity index (χ3n) is 3.08. The fourth-order valence-corrected chi connectivity index (χ4v) is 2.02. The SMILES string of the molecule is Cc1cc(OCC(=O)NN=Cc2ccc(O)cc2)cc(C)c1Cl. The number of carbonyl (C=O) groups is 1. The Balaban J connectivity index is 1.84. The van der Waals surface area contributed by atoms with Crippen molar-refractivity contribution in [2.45, 2.75) is 13.8 Å². The zero-order valence-corrected chi connectivity index (χ0v) is 13.6. The molecular formula is C17H17ClN2O3. The maximum atomic E-state index is 11.7. The number of nitrogens with zero attached hydrogens (tertiary/aromatic N) is 1. The molecule has 1 amide bonds. The highest BCUT2D eigenvalue weighted by Crippen LogP contribution is 2.25. The number of phenols is 1. The molecule has 5 nitrogen and oxygen atoms in total. The van der Waals surface area contributed by atoms with Crippen molar-refractivity contribution >= 4 is 23.7 Å². The Bertz CT molecular complexity index is 704. The van der Waals surface area contributed by atoms with Gasteiger partial charge in [-0.3, -0.25) is 4.79 Å². The average Bonchev–Trinajstić information content (AvgIpc) is 2.52. The van der Waals surface area contributed by atoms with Crippen LogP contribution >= 0.6 is 11.6 Å². The highest BCUT2D eigenvalue weighted by Gasteiger charge is 2.06. The second-order valence-electron chi connectivity index (χ2n) is 5.04. The van der Waals surface area contributed by atoms with Crippen LogP contribution in [0.1, 0.15) is 16.7 Å². The van der Waals surface area contributed by atoms with E-state index in [0.717, 1.165) is 16.7 Å². The summed E-state index contributed by atoms with van der Waals surface area (Å²) in [5, 5.41) is 13.7. The molecule has 0 aliphatic carbocycles. The van der Waals surface area contributed by atoms with Crippen molar-refractivity contribution in [1.29, 1.82) is 0 Å². The van der Waals surface area contributed by atoms with Crippen LogP contribution in [0.3, 0.4) is 0 Å². The Morgan fingerprint density at radius 3 is 2.48 bits per heavy atom. The predicted octanol–water partition coefficient (Wildman–Crippen LogP) is 3.19. The first-order valence-electron chi connectivity index (χ1n) is 6.96. The Morgan fingerprint density at radius 1 is 1.26 bits per heavy atom. The molecule has 0 radical (unpaired) electrons. The van der Waals surface area contributed by atoms with Crippen LogP contribution in [0.25, 0.3) is 0 Å². The molecule has 0 unspecified atom stereocenters. The number of carbonyl (C=O) groups excluding carboxylic acids is 1. The van der Waals surface area contributed by atoms with Crippen LogP contribution in [0.2, 0.25) is 5.02 Å². The van der Waals surface area contributed by atoms with Gasteiger partial charge in [-0.1, -0.05) is 11.6 Å². The highest BCUT2D eigenvalue weighted by molar-refractivity contribution is 6.32. The first kappa shape index (κ1) is 16.8. The lowest BCUT2D eigenvalue weighted by Gasteiger charge is -2.09. The predicted molar refractivity (Wildman–Crippen MR) is 90.3 cm³/mol. The number of hydrogen-bond donors (Lipinski definition) is 2. The molecule has 0 heterocycles. The van der Waals surface area contributed by atoms with Crippen molar-refractivity contribution in [1.82, 2.24) is 5.43 Å². The Kier molecular flexibility index (Phi) is 5.60. The van der Waals surface area contributed by atoms with E-state index in [-0.39, 0.29) is 18.3 Å². The minimum atomic E-state index is -0.370. The number of aromatic hydroxyl groups is 1. The van der Waals surface area contributed by atoms with E-state index < -0.39 is 0 Å². The number of nitrogens with one attached hydrogen (secondary N) is 1. The molecule has 23 heavy (non-hydrogen) atoms. The number of rotatable bonds is 5. The van der Waals surface area contributed by atoms with Gasteiger partial charge in [0.25, 0.3) is 5.91 Å². The quantitative estimate of drug-likeness (QED) is 0.652. The molecule has 0 aromatic heterocycles. The fourth-order valence-electron chi connectivity index (χ4n) is 1.91. The molecule has 0 saturated heterocycles. The van der Waals surface area contributed by atoms with Crippen molar-refractivity contribution < 1.29 is 14.6 Å². The maximum Gasteiger partial charge on any atom is 0.277 e. The molecule has 2 N–H and O–H groups in total. The molecule has 2 rings (SSSR count). The number of aryl methyl sites for hydroxylation is 2. The summed E-state index contributed by atoms with van der Waals surface area (Å²) in [4.78, 5) is 11.7. The average molecular weight is 333 g/mol. The molecule has 0 bridgehead atoms. The first-order valence-corrected chi connectivity index (χ1v) is 7.34. The summed E-state index contributed by atoms with van der Waals surface area (Å²) < 4.78 is 5.43. The number of ether oxygens (including phenoxy) is 1. The second kappa shape index (κ2) is 7.65. The topological polar surface area (TPSA) is 70.9 Å². The third-order valence-corrected chi connectivity index (χ3v) is 3.67. The van der Waals surface area contributed by atoms with E-state index in [0.29, 0.717) is 10.8 Å². The van der Waals surface area contributed by atoms with Crippen LogP contribution in [0.15, 0.2) is 41.5 Å². The zero-order chi connectivity index (χ0) is 16.8. The van der Waals surface area contributed by atoms with Gasteiger partial charge in [-0.15, -0.1) is 0 Å². The van der Waals surface area contributed by atoms with Crippen LogP contribution in [-0.4, -0.2) is 23.8 Å². The van der Waals surface area contributed by atoms with Gasteiger partial charge in [0.15, 0.2) is 6.61 Å². The van der Waals surface area contributed by atoms with Gasteiger partial charge < -0.3 is 9.84 Å². The zero-order valence-electron chi connectivity index (χ0n) is 12.8. The van der Waals surface area contributed by atoms with Gasteiger partial charge in [0.05, 0.1) is 6.21 Å². The second-order valence-corrected chi connectivity index (χ2v) is 5.42. The summed E-state index contributed by atoms with van der Waals surface area (Å²) in [7, 11) is 0. The van der Waals surface area contributed by atoms with Crippen LogP contribution in [0.5, 0.6) is 11.5 Å². The third kappa shape index (κ3) is 5.00. The minimum absolute atomic E-state index is 0.145. The number of phenolic OH excluding ortho intramolecular Hbond substituents is 1. The summed E-state index contributed by atoms with van der Waals surface area (Å²) in [6, 6.07) is 10.0. The van der Waals surface area contributed by atoms with Crippen LogP contribution in [-0.2, 0) is 4.79 Å². The van der Waals surface area contributed by atoms with E-state index in [4.69, 9.17) is 21.4 Å². The summed E-state index contributed by atoms with van der Waals surface area (Å²) in [6.45, 7) is 3.61. The van der Waals surface area contributed by atoms with Gasteiger partial charge in [0.1, 0.15) is 11.5 Å². The molecule has 6 heteroatoms. The number of amides is 1. The fraction of sp³-hybridized carbons (Fsp3) is 0.176. The molecule has 0 saturated carbocycles. The number of halogens is 1. The van der Waals surface area contributed by atoms with Gasteiger partial charge in [-0.25, -0.2) is 5.43 Å². The Hall–Kier alpha value is -2.53. The van der Waals surface area contributed by atoms with Crippen LogP contribution in [0.4, 0.5) is 0 Å². The molecule has 0 aliphatic heterocycles. The Labute approximate surface area is 139 Å². The standard InChI is InChI=1S/C17H17ClN2O3/c1-11-7-15(8-12(2)17(11)18)23-10-16(22)20-19-9-13-3-5-14(21)6-4-13/h3-9,21H,10H2,1-2H3,(H,20,22). The first-order chi connectivity index (χ1) is 11.0. The van der Waals surface area contributed by atoms with Gasteiger partial charge in [-0.2, -0.15) is 5.10 Å². The van der Waals surface area contributed by atoms with Crippen LogP contribution < -0.4 is 10.2 Å². The van der Waals surface area contributed by atoms with Crippen molar-refractivity contribution in [3.8, 4) is 11.5 Å².